The summed E-state index contributed by atoms with van der Waals surface area (Å²) in [5.74, 6) is -1.56. The minimum absolute atomic E-state index is 0.357. The van der Waals surface area contributed by atoms with Crippen molar-refractivity contribution in [2.24, 2.45) is 5.92 Å². The van der Waals surface area contributed by atoms with E-state index < -0.39 is 23.2 Å². The van der Waals surface area contributed by atoms with E-state index in [1.54, 1.807) is 20.8 Å². The second-order valence-corrected chi connectivity index (χ2v) is 5.03. The van der Waals surface area contributed by atoms with Gasteiger partial charge in [0.05, 0.1) is 25.4 Å². The SMILES string of the molecule is COC(=O)C1=C(C)NC(C)=C(C(=O)OC)C1C(C)Cl. The number of allylic oxidation sites excluding steroid dienone is 2. The Morgan fingerprint density at radius 1 is 1.11 bits per heavy atom. The number of nitrogens with one attached hydrogen (secondary N) is 1. The highest BCUT2D eigenvalue weighted by Gasteiger charge is 2.38. The molecule has 0 fully saturated rings. The van der Waals surface area contributed by atoms with Gasteiger partial charge in [0.25, 0.3) is 0 Å². The lowest BCUT2D eigenvalue weighted by Gasteiger charge is -2.31. The molecule has 1 aliphatic heterocycles. The Morgan fingerprint density at radius 3 is 1.74 bits per heavy atom. The fraction of sp³-hybridized carbons (Fsp3) is 0.538. The highest BCUT2D eigenvalue weighted by Crippen LogP contribution is 2.35. The zero-order chi connectivity index (χ0) is 14.7. The van der Waals surface area contributed by atoms with E-state index in [-0.39, 0.29) is 0 Å². The highest BCUT2D eigenvalue weighted by atomic mass is 35.5. The molecule has 1 heterocycles. The molecule has 0 aromatic carbocycles. The summed E-state index contributed by atoms with van der Waals surface area (Å²) in [5, 5.41) is 2.54. The van der Waals surface area contributed by atoms with Crippen LogP contribution in [0.25, 0.3) is 0 Å². The van der Waals surface area contributed by atoms with Crippen LogP contribution < -0.4 is 5.32 Å². The van der Waals surface area contributed by atoms with Gasteiger partial charge < -0.3 is 14.8 Å². The molecule has 0 aromatic heterocycles. The minimum Gasteiger partial charge on any atom is -0.466 e. The zero-order valence-corrected chi connectivity index (χ0v) is 12.4. The van der Waals surface area contributed by atoms with Crippen molar-refractivity contribution in [3.63, 3.8) is 0 Å². The molecular weight excluding hydrogens is 270 g/mol. The number of esters is 2. The van der Waals surface area contributed by atoms with Crippen molar-refractivity contribution in [1.29, 1.82) is 0 Å². The van der Waals surface area contributed by atoms with Crippen molar-refractivity contribution < 1.29 is 19.1 Å². The fourth-order valence-corrected chi connectivity index (χ4v) is 2.52. The third-order valence-electron chi connectivity index (χ3n) is 3.07. The number of methoxy groups -OCH3 is 2. The van der Waals surface area contributed by atoms with Gasteiger partial charge in [-0.05, 0) is 20.8 Å². The van der Waals surface area contributed by atoms with Crippen LogP contribution in [0.4, 0.5) is 0 Å². The number of hydrogen-bond acceptors (Lipinski definition) is 5. The number of carbonyl (C=O) groups excluding carboxylic acids is 2. The Bertz CT molecular complexity index is 427. The van der Waals surface area contributed by atoms with E-state index >= 15 is 0 Å². The van der Waals surface area contributed by atoms with E-state index in [9.17, 15) is 9.59 Å². The molecule has 19 heavy (non-hydrogen) atoms. The number of ether oxygens (including phenoxy) is 2. The number of carbonyl (C=O) groups is 2. The van der Waals surface area contributed by atoms with Crippen molar-refractivity contribution in [3.8, 4) is 0 Å². The molecule has 0 bridgehead atoms. The molecule has 1 atom stereocenters. The molecule has 0 amide bonds. The van der Waals surface area contributed by atoms with E-state index in [0.717, 1.165) is 0 Å². The lowest BCUT2D eigenvalue weighted by atomic mass is 9.83. The van der Waals surface area contributed by atoms with E-state index in [0.29, 0.717) is 22.5 Å². The van der Waals surface area contributed by atoms with Crippen LogP contribution in [0.3, 0.4) is 0 Å². The average molecular weight is 288 g/mol. The van der Waals surface area contributed by atoms with Crippen molar-refractivity contribution >= 4 is 23.5 Å². The predicted octanol–water partition coefficient (Wildman–Crippen LogP) is 1.73. The summed E-state index contributed by atoms with van der Waals surface area (Å²) in [6.45, 7) is 5.22. The Labute approximate surface area is 117 Å². The first-order valence-electron chi connectivity index (χ1n) is 5.84. The summed E-state index contributed by atoms with van der Waals surface area (Å²) in [5.41, 5.74) is 1.98. The molecule has 1 rings (SSSR count). The van der Waals surface area contributed by atoms with Gasteiger partial charge in [-0.25, -0.2) is 9.59 Å². The first-order valence-corrected chi connectivity index (χ1v) is 6.28. The number of rotatable bonds is 3. The highest BCUT2D eigenvalue weighted by molar-refractivity contribution is 6.22. The van der Waals surface area contributed by atoms with Gasteiger partial charge >= 0.3 is 11.9 Å². The third-order valence-corrected chi connectivity index (χ3v) is 3.33. The van der Waals surface area contributed by atoms with Crippen LogP contribution in [0.2, 0.25) is 0 Å². The Balaban J connectivity index is 3.37. The maximum Gasteiger partial charge on any atom is 0.336 e. The number of halogens is 1. The topological polar surface area (TPSA) is 64.6 Å². The second-order valence-electron chi connectivity index (χ2n) is 4.34. The van der Waals surface area contributed by atoms with E-state index in [2.05, 4.69) is 5.32 Å². The standard InChI is InChI=1S/C13H18ClNO4/c1-6(14)9-10(12(16)18-4)7(2)15-8(3)11(9)13(17)19-5/h6,9,15H,1-5H3. The quantitative estimate of drug-likeness (QED) is 0.632. The van der Waals surface area contributed by atoms with Crippen LogP contribution >= 0.6 is 11.6 Å². The molecule has 106 valence electrons. The van der Waals surface area contributed by atoms with Crippen LogP contribution in [-0.4, -0.2) is 31.5 Å². The zero-order valence-electron chi connectivity index (χ0n) is 11.7. The molecule has 5 nitrogen and oxygen atoms in total. The van der Waals surface area contributed by atoms with Crippen LogP contribution in [0.5, 0.6) is 0 Å². The molecule has 0 aliphatic carbocycles. The molecule has 0 saturated heterocycles. The Hall–Kier alpha value is -1.49. The van der Waals surface area contributed by atoms with Gasteiger partial charge in [0.2, 0.25) is 0 Å². The smallest absolute Gasteiger partial charge is 0.336 e. The summed E-state index contributed by atoms with van der Waals surface area (Å²) in [6.07, 6.45) is 0. The van der Waals surface area contributed by atoms with Crippen molar-refractivity contribution in [3.05, 3.63) is 22.5 Å². The normalized spacial score (nSPS) is 18.0. The molecule has 1 aliphatic rings. The molecule has 1 N–H and O–H groups in total. The van der Waals surface area contributed by atoms with E-state index in [1.165, 1.54) is 14.2 Å². The number of alkyl halides is 1. The van der Waals surface area contributed by atoms with Crippen molar-refractivity contribution in [2.45, 2.75) is 26.1 Å². The molecule has 1 unspecified atom stereocenters. The van der Waals surface area contributed by atoms with E-state index in [1.807, 2.05) is 0 Å². The van der Waals surface area contributed by atoms with Crippen molar-refractivity contribution in [1.82, 2.24) is 5.32 Å². The Morgan fingerprint density at radius 2 is 1.47 bits per heavy atom. The summed E-state index contributed by atoms with van der Waals surface area (Å²) in [6, 6.07) is 0. The minimum atomic E-state index is -0.553. The molecule has 6 heteroatoms. The summed E-state index contributed by atoms with van der Waals surface area (Å²) in [4.78, 5) is 23.8. The third kappa shape index (κ3) is 2.92. The van der Waals surface area contributed by atoms with Gasteiger partial charge in [-0.3, -0.25) is 0 Å². The van der Waals surface area contributed by atoms with E-state index in [4.69, 9.17) is 21.1 Å². The maximum atomic E-state index is 11.9. The first kappa shape index (κ1) is 15.6. The van der Waals surface area contributed by atoms with Gasteiger partial charge in [0.15, 0.2) is 0 Å². The van der Waals surface area contributed by atoms with Crippen LogP contribution in [0.15, 0.2) is 22.5 Å². The molecule has 0 saturated carbocycles. The van der Waals surface area contributed by atoms with Gasteiger partial charge in [0, 0.05) is 22.7 Å². The van der Waals surface area contributed by atoms with Crippen LogP contribution in [0.1, 0.15) is 20.8 Å². The molecule has 0 radical (unpaired) electrons. The summed E-state index contributed by atoms with van der Waals surface area (Å²) in [7, 11) is 2.59. The maximum absolute atomic E-state index is 11.9. The largest absolute Gasteiger partial charge is 0.466 e. The predicted molar refractivity (Wildman–Crippen MR) is 71.4 cm³/mol. The number of hydrogen-bond donors (Lipinski definition) is 1. The van der Waals surface area contributed by atoms with Gasteiger partial charge in [-0.1, -0.05) is 0 Å². The molecule has 0 aromatic rings. The Kier molecular flexibility index (Phi) is 5.00. The molecular formula is C13H18ClNO4. The van der Waals surface area contributed by atoms with Gasteiger partial charge in [-0.15, -0.1) is 11.6 Å². The van der Waals surface area contributed by atoms with Crippen LogP contribution in [-0.2, 0) is 19.1 Å². The first-order chi connectivity index (χ1) is 8.84. The second kappa shape index (κ2) is 6.10. The fourth-order valence-electron chi connectivity index (χ4n) is 2.27. The van der Waals surface area contributed by atoms with Gasteiger partial charge in [0.1, 0.15) is 0 Å². The molecule has 0 spiro atoms. The van der Waals surface area contributed by atoms with Crippen LogP contribution in [0, 0.1) is 5.92 Å². The average Bonchev–Trinajstić information content (AvgIpc) is 2.36. The van der Waals surface area contributed by atoms with Crippen molar-refractivity contribution in [2.75, 3.05) is 14.2 Å². The summed E-state index contributed by atoms with van der Waals surface area (Å²) >= 11 is 6.17. The number of dihydropyridines is 1. The monoisotopic (exact) mass is 287 g/mol. The van der Waals surface area contributed by atoms with Gasteiger partial charge in [-0.2, -0.15) is 0 Å². The lowest BCUT2D eigenvalue weighted by Crippen LogP contribution is -2.36. The lowest BCUT2D eigenvalue weighted by molar-refractivity contribution is -0.137. The summed E-state index contributed by atoms with van der Waals surface area (Å²) < 4.78 is 9.53.